The van der Waals surface area contributed by atoms with E-state index in [1.807, 2.05) is 4.90 Å². The van der Waals surface area contributed by atoms with Crippen molar-refractivity contribution in [1.82, 2.24) is 4.90 Å². The van der Waals surface area contributed by atoms with Crippen LogP contribution in [-0.4, -0.2) is 46.7 Å². The quantitative estimate of drug-likeness (QED) is 0.801. The fraction of sp³-hybridized carbons (Fsp3) is 0.833. The van der Waals surface area contributed by atoms with Crippen LogP contribution in [0.5, 0.6) is 0 Å². The molecule has 2 saturated heterocycles. The van der Waals surface area contributed by atoms with Crippen molar-refractivity contribution in [3.63, 3.8) is 0 Å². The molecule has 1 N–H and O–H groups in total. The summed E-state index contributed by atoms with van der Waals surface area (Å²) in [6.45, 7) is 2.86. The third-order valence-electron chi connectivity index (χ3n) is 3.70. The zero-order chi connectivity index (χ0) is 12.4. The lowest BCUT2D eigenvalue weighted by Gasteiger charge is -2.26. The van der Waals surface area contributed by atoms with Gasteiger partial charge in [-0.3, -0.25) is 4.79 Å². The van der Waals surface area contributed by atoms with Gasteiger partial charge in [0, 0.05) is 12.6 Å². The van der Waals surface area contributed by atoms with Crippen LogP contribution in [0.15, 0.2) is 0 Å². The number of carboxylic acid groups (broad SMARTS) is 1. The molecule has 1 amide bonds. The summed E-state index contributed by atoms with van der Waals surface area (Å²) in [6, 6.07) is 0.315. The molecule has 2 fully saturated rings. The minimum Gasteiger partial charge on any atom is -0.479 e. The van der Waals surface area contributed by atoms with Gasteiger partial charge in [0.15, 0.2) is 6.10 Å². The molecule has 0 aromatic heterocycles. The van der Waals surface area contributed by atoms with Crippen molar-refractivity contribution in [3.8, 4) is 0 Å². The van der Waals surface area contributed by atoms with Crippen molar-refractivity contribution >= 4 is 11.9 Å². The van der Waals surface area contributed by atoms with Gasteiger partial charge in [0.25, 0.3) is 5.91 Å². The van der Waals surface area contributed by atoms with Gasteiger partial charge in [-0.15, -0.1) is 0 Å². The number of amides is 1. The van der Waals surface area contributed by atoms with Gasteiger partial charge < -0.3 is 14.7 Å². The SMILES string of the molecule is CCC1CCCN1C(=O)[C@@H]1CC[C@H](C(=O)O)O1. The minimum absolute atomic E-state index is 0.0156. The standard InChI is InChI=1S/C12H19NO4/c1-2-8-4-3-7-13(8)11(14)9-5-6-10(17-9)12(15)16/h8-10H,2-7H2,1H3,(H,15,16)/t8?,9-,10+/m0/s1. The summed E-state index contributed by atoms with van der Waals surface area (Å²) in [5.41, 5.74) is 0. The van der Waals surface area contributed by atoms with E-state index in [1.54, 1.807) is 0 Å². The molecule has 2 rings (SSSR count). The summed E-state index contributed by atoms with van der Waals surface area (Å²) in [4.78, 5) is 24.8. The zero-order valence-electron chi connectivity index (χ0n) is 10.1. The number of carbonyl (C=O) groups is 2. The van der Waals surface area contributed by atoms with E-state index in [2.05, 4.69) is 6.92 Å². The molecule has 5 heteroatoms. The van der Waals surface area contributed by atoms with Gasteiger partial charge in [0.2, 0.25) is 0 Å². The number of nitrogens with zero attached hydrogens (tertiary/aromatic N) is 1. The molecule has 17 heavy (non-hydrogen) atoms. The van der Waals surface area contributed by atoms with Gasteiger partial charge in [-0.2, -0.15) is 0 Å². The van der Waals surface area contributed by atoms with Crippen molar-refractivity contribution in [2.75, 3.05) is 6.54 Å². The number of carboxylic acids is 1. The zero-order valence-corrected chi connectivity index (χ0v) is 10.1. The van der Waals surface area contributed by atoms with Crippen LogP contribution >= 0.6 is 0 Å². The third kappa shape index (κ3) is 2.44. The van der Waals surface area contributed by atoms with Gasteiger partial charge in [-0.05, 0) is 32.1 Å². The van der Waals surface area contributed by atoms with Gasteiger partial charge >= 0.3 is 5.97 Å². The first kappa shape index (κ1) is 12.4. The van der Waals surface area contributed by atoms with Gasteiger partial charge in [0.1, 0.15) is 6.10 Å². The fourth-order valence-corrected chi connectivity index (χ4v) is 2.74. The Kier molecular flexibility index (Phi) is 3.66. The van der Waals surface area contributed by atoms with Crippen molar-refractivity contribution in [3.05, 3.63) is 0 Å². The van der Waals surface area contributed by atoms with Crippen molar-refractivity contribution in [2.45, 2.75) is 57.3 Å². The molecule has 2 heterocycles. The lowest BCUT2D eigenvalue weighted by molar-refractivity contribution is -0.155. The molecule has 0 aliphatic carbocycles. The Hall–Kier alpha value is -1.10. The summed E-state index contributed by atoms with van der Waals surface area (Å²) in [5.74, 6) is -0.980. The monoisotopic (exact) mass is 241 g/mol. The molecular formula is C12H19NO4. The van der Waals surface area contributed by atoms with Crippen LogP contribution in [0.25, 0.3) is 0 Å². The fourth-order valence-electron chi connectivity index (χ4n) is 2.74. The highest BCUT2D eigenvalue weighted by atomic mass is 16.5. The largest absolute Gasteiger partial charge is 0.479 e. The number of hydrogen-bond acceptors (Lipinski definition) is 3. The number of ether oxygens (including phenoxy) is 1. The molecule has 0 spiro atoms. The number of rotatable bonds is 3. The summed E-state index contributed by atoms with van der Waals surface area (Å²) in [7, 11) is 0. The predicted molar refractivity (Wildman–Crippen MR) is 60.6 cm³/mol. The molecule has 0 aromatic rings. The van der Waals surface area contributed by atoms with E-state index < -0.39 is 18.2 Å². The van der Waals surface area contributed by atoms with E-state index in [0.29, 0.717) is 18.9 Å². The first-order chi connectivity index (χ1) is 8.13. The first-order valence-electron chi connectivity index (χ1n) is 6.32. The molecule has 3 atom stereocenters. The van der Waals surface area contributed by atoms with Crippen LogP contribution in [0.2, 0.25) is 0 Å². The van der Waals surface area contributed by atoms with Crippen LogP contribution in [0, 0.1) is 0 Å². The molecule has 0 bridgehead atoms. The highest BCUT2D eigenvalue weighted by molar-refractivity contribution is 5.83. The van der Waals surface area contributed by atoms with Crippen LogP contribution in [0.1, 0.15) is 39.0 Å². The summed E-state index contributed by atoms with van der Waals surface area (Å²) in [6.07, 6.45) is 2.69. The third-order valence-corrected chi connectivity index (χ3v) is 3.70. The second kappa shape index (κ2) is 5.04. The predicted octanol–water partition coefficient (Wildman–Crippen LogP) is 1.02. The lowest BCUT2D eigenvalue weighted by Crippen LogP contribution is -2.42. The van der Waals surface area contributed by atoms with E-state index in [-0.39, 0.29) is 5.91 Å². The van der Waals surface area contributed by atoms with Gasteiger partial charge in [-0.25, -0.2) is 4.79 Å². The smallest absolute Gasteiger partial charge is 0.332 e. The highest BCUT2D eigenvalue weighted by Gasteiger charge is 2.39. The van der Waals surface area contributed by atoms with Crippen LogP contribution in [0.3, 0.4) is 0 Å². The maximum Gasteiger partial charge on any atom is 0.332 e. The summed E-state index contributed by atoms with van der Waals surface area (Å²) in [5, 5.41) is 8.83. The molecule has 2 aliphatic heterocycles. The molecule has 2 aliphatic rings. The molecule has 0 aromatic carbocycles. The maximum absolute atomic E-state index is 12.2. The van der Waals surface area contributed by atoms with Crippen LogP contribution in [0.4, 0.5) is 0 Å². The maximum atomic E-state index is 12.2. The average molecular weight is 241 g/mol. The Bertz CT molecular complexity index is 318. The number of aliphatic carboxylic acids is 1. The van der Waals surface area contributed by atoms with Gasteiger partial charge in [0.05, 0.1) is 0 Å². The topological polar surface area (TPSA) is 66.8 Å². The number of carbonyl (C=O) groups excluding carboxylic acids is 1. The molecule has 5 nitrogen and oxygen atoms in total. The van der Waals surface area contributed by atoms with Crippen molar-refractivity contribution in [2.24, 2.45) is 0 Å². The van der Waals surface area contributed by atoms with Crippen molar-refractivity contribution < 1.29 is 19.4 Å². The molecule has 0 saturated carbocycles. The molecule has 96 valence electrons. The van der Waals surface area contributed by atoms with E-state index in [1.165, 1.54) is 0 Å². The molecule has 1 unspecified atom stereocenters. The second-order valence-corrected chi connectivity index (χ2v) is 4.76. The normalized spacial score (nSPS) is 33.0. The molecule has 0 radical (unpaired) electrons. The Morgan fingerprint density at radius 3 is 2.59 bits per heavy atom. The Labute approximate surface area is 101 Å². The second-order valence-electron chi connectivity index (χ2n) is 4.76. The minimum atomic E-state index is -0.964. The van der Waals surface area contributed by atoms with E-state index in [4.69, 9.17) is 9.84 Å². The number of hydrogen-bond donors (Lipinski definition) is 1. The van der Waals surface area contributed by atoms with Gasteiger partial charge in [-0.1, -0.05) is 6.92 Å². The summed E-state index contributed by atoms with van der Waals surface area (Å²) < 4.78 is 5.30. The average Bonchev–Trinajstić information content (AvgIpc) is 2.96. The van der Waals surface area contributed by atoms with Crippen LogP contribution in [-0.2, 0) is 14.3 Å². The van der Waals surface area contributed by atoms with E-state index in [0.717, 1.165) is 25.8 Å². The van der Waals surface area contributed by atoms with Crippen LogP contribution < -0.4 is 0 Å². The Morgan fingerprint density at radius 2 is 2.00 bits per heavy atom. The Balaban J connectivity index is 1.95. The highest BCUT2D eigenvalue weighted by Crippen LogP contribution is 2.26. The Morgan fingerprint density at radius 1 is 1.29 bits per heavy atom. The van der Waals surface area contributed by atoms with E-state index in [9.17, 15) is 9.59 Å². The first-order valence-corrected chi connectivity index (χ1v) is 6.32. The number of likely N-dealkylation sites (tertiary alicyclic amines) is 1. The lowest BCUT2D eigenvalue weighted by atomic mass is 10.1. The summed E-state index contributed by atoms with van der Waals surface area (Å²) >= 11 is 0. The van der Waals surface area contributed by atoms with Crippen molar-refractivity contribution in [1.29, 1.82) is 0 Å². The molecular weight excluding hydrogens is 222 g/mol. The van der Waals surface area contributed by atoms with E-state index >= 15 is 0 Å².